The molecule has 2 N–H and O–H groups in total. The van der Waals surface area contributed by atoms with Crippen LogP contribution < -0.4 is 0 Å². The van der Waals surface area contributed by atoms with Crippen molar-refractivity contribution in [2.45, 2.75) is 42.4 Å². The second kappa shape index (κ2) is 21.2. The summed E-state index contributed by atoms with van der Waals surface area (Å²) < 4.78 is 86.4. The van der Waals surface area contributed by atoms with Crippen LogP contribution in [0.15, 0.2) is 161 Å². The Morgan fingerprint density at radius 3 is 2.05 bits per heavy atom. The third-order valence-electron chi connectivity index (χ3n) is 9.65. The molecule has 1 aliphatic carbocycles. The van der Waals surface area contributed by atoms with Gasteiger partial charge in [-0.25, -0.2) is 0 Å². The topological polar surface area (TPSA) is 211 Å². The lowest BCUT2D eigenvalue weighted by Gasteiger charge is -2.32. The van der Waals surface area contributed by atoms with E-state index in [0.717, 1.165) is 47.7 Å². The maximum Gasteiger partial charge on any atom is 0.425 e. The number of allylic oxidation sites excluding steroid dienone is 8. The second-order valence-corrected chi connectivity index (χ2v) is 18.1. The highest BCUT2D eigenvalue weighted by molar-refractivity contribution is 8.08. The average molecular weight is 930 g/mol. The Kier molecular flexibility index (Phi) is 16.1. The fourth-order valence-corrected chi connectivity index (χ4v) is 10.1. The number of carboxylic acid groups (broad SMARTS) is 1. The number of hydrogen-bond donors (Lipinski definition) is 2. The second-order valence-electron chi connectivity index (χ2n) is 13.7. The van der Waals surface area contributed by atoms with E-state index in [0.29, 0.717) is 22.5 Å². The van der Waals surface area contributed by atoms with Crippen LogP contribution in [0.5, 0.6) is 0 Å². The molecule has 5 aromatic rings. The summed E-state index contributed by atoms with van der Waals surface area (Å²) >= 11 is 3.11. The summed E-state index contributed by atoms with van der Waals surface area (Å²) in [6.45, 7) is 1.88. The Bertz CT molecular complexity index is 3000. The van der Waals surface area contributed by atoms with Gasteiger partial charge in [0.05, 0.1) is 0 Å². The first kappa shape index (κ1) is 47.1. The van der Waals surface area contributed by atoms with Crippen molar-refractivity contribution in [2.24, 2.45) is 5.41 Å². The van der Waals surface area contributed by atoms with Crippen LogP contribution in [0.25, 0.3) is 37.1 Å². The molecule has 318 valence electrons. The predicted molar refractivity (Wildman–Crippen MR) is 240 cm³/mol. The molecule has 62 heavy (non-hydrogen) atoms. The molecule has 1 aliphatic heterocycles. The van der Waals surface area contributed by atoms with Crippen LogP contribution in [-0.4, -0.2) is 55.1 Å². The van der Waals surface area contributed by atoms with E-state index in [1.807, 2.05) is 98.0 Å². The number of aliphatic carboxylic acids is 1. The molecule has 2 heterocycles. The molecule has 1 aromatic heterocycles. The van der Waals surface area contributed by atoms with Gasteiger partial charge >= 0.3 is 27.2 Å². The van der Waals surface area contributed by atoms with Gasteiger partial charge in [-0.2, -0.15) is 8.42 Å². The highest BCUT2D eigenvalue weighted by Crippen LogP contribution is 2.47. The van der Waals surface area contributed by atoms with Gasteiger partial charge in [0, 0.05) is 44.9 Å². The largest absolute Gasteiger partial charge is 0.480 e. The van der Waals surface area contributed by atoms with Gasteiger partial charge in [0.25, 0.3) is 10.1 Å². The van der Waals surface area contributed by atoms with Gasteiger partial charge in [0.1, 0.15) is 10.3 Å². The van der Waals surface area contributed by atoms with Crippen molar-refractivity contribution < 1.29 is 52.9 Å². The number of thioether (sulfide) groups is 1. The van der Waals surface area contributed by atoms with E-state index < -0.39 is 42.7 Å². The molecule has 0 fully saturated rings. The van der Waals surface area contributed by atoms with Gasteiger partial charge in [0.15, 0.2) is 5.78 Å². The van der Waals surface area contributed by atoms with E-state index in [-0.39, 0.29) is 29.9 Å². The number of hydrogen-bond acceptors (Lipinski definition) is 11. The molecule has 0 radical (unpaired) electrons. The van der Waals surface area contributed by atoms with Gasteiger partial charge in [0.2, 0.25) is 20.9 Å². The van der Waals surface area contributed by atoms with Gasteiger partial charge in [-0.1, -0.05) is 116 Å². The van der Waals surface area contributed by atoms with Gasteiger partial charge in [-0.05, 0) is 83.5 Å². The summed E-state index contributed by atoms with van der Waals surface area (Å²) in [4.78, 5) is 29.3. The molecule has 0 saturated carbocycles. The minimum absolute atomic E-state index is 0.0367. The SMILES string of the molecule is CCCC(=O)C1(C(=O)O)CC(/C=C/c2cc(-c3ccccc3)[s+]c3ccccc23)=CC(=C/C=C2\C=C(c3ccccc3S(=O)(=O)O)Sc3ccccc32)/C1.O=S(=O)=O.O=S(=O)=O. The van der Waals surface area contributed by atoms with Crippen LogP contribution in [0.1, 0.15) is 49.3 Å². The van der Waals surface area contributed by atoms with Gasteiger partial charge < -0.3 is 5.11 Å². The van der Waals surface area contributed by atoms with Crippen LogP contribution in [-0.2, 0) is 40.9 Å². The molecular weight excluding hydrogens is 893 g/mol. The molecule has 12 nitrogen and oxygen atoms in total. The zero-order valence-electron chi connectivity index (χ0n) is 32.7. The van der Waals surface area contributed by atoms with Crippen molar-refractivity contribution in [3.8, 4) is 10.4 Å². The highest BCUT2D eigenvalue weighted by Gasteiger charge is 2.47. The Morgan fingerprint density at radius 1 is 0.774 bits per heavy atom. The smallest absolute Gasteiger partial charge is 0.425 e. The molecule has 1 atom stereocenters. The van der Waals surface area contributed by atoms with E-state index in [1.165, 1.54) is 17.8 Å². The van der Waals surface area contributed by atoms with Crippen LogP contribution in [0.3, 0.4) is 0 Å². The molecule has 1 unspecified atom stereocenters. The van der Waals surface area contributed by atoms with E-state index in [1.54, 1.807) is 29.5 Å². The van der Waals surface area contributed by atoms with Crippen molar-refractivity contribution in [3.05, 3.63) is 167 Å². The van der Waals surface area contributed by atoms with Crippen molar-refractivity contribution in [1.29, 1.82) is 0 Å². The number of rotatable bonds is 10. The minimum atomic E-state index is -4.49. The molecule has 4 aromatic carbocycles. The molecule has 0 spiro atoms. The standard InChI is InChI=1S/C45H36O6S3.2O3S/c1-2-12-43(46)45(44(47)48)28-30(21-23-33-26-40(32-13-4-3-5-14-32)52-38-18-9-6-15-35(33)38)25-31(29-45)22-24-34-27-41(53-39-19-10-7-16-36(34)39)37-17-8-11-20-42(37)54(49,50)51;2*1-4(2)3/h3-11,13-27H,2,12,28-29H2,1H3,(H-,47,48,49,50,51);;/p+1. The number of carboxylic acids is 1. The van der Waals surface area contributed by atoms with E-state index in [4.69, 9.17) is 25.3 Å². The van der Waals surface area contributed by atoms with E-state index in [9.17, 15) is 27.7 Å². The van der Waals surface area contributed by atoms with Gasteiger partial charge in [-0.3, -0.25) is 14.1 Å². The number of carbonyl (C=O) groups excluding carboxylic acids is 1. The lowest BCUT2D eigenvalue weighted by atomic mass is 9.68. The number of carbonyl (C=O) groups is 2. The van der Waals surface area contributed by atoms with Crippen molar-refractivity contribution in [1.82, 2.24) is 0 Å². The normalized spacial score (nSPS) is 17.1. The van der Waals surface area contributed by atoms with Crippen molar-refractivity contribution >= 4 is 92.8 Å². The third-order valence-corrected chi connectivity index (χ3v) is 12.8. The first-order valence-electron chi connectivity index (χ1n) is 18.6. The zero-order chi connectivity index (χ0) is 45.0. The highest BCUT2D eigenvalue weighted by atomic mass is 32.2. The first-order valence-corrected chi connectivity index (χ1v) is 23.7. The van der Waals surface area contributed by atoms with Crippen LogP contribution >= 0.6 is 23.1 Å². The van der Waals surface area contributed by atoms with E-state index in [2.05, 4.69) is 30.3 Å². The molecular formula is C45H37O12S5+. The molecule has 0 amide bonds. The predicted octanol–water partition coefficient (Wildman–Crippen LogP) is 9.42. The number of Topliss-reactive ketones (excluding diaryl/α,β-unsaturated/α-hetero) is 1. The fraction of sp³-hybridized carbons (Fsp3) is 0.133. The molecule has 2 aliphatic rings. The molecule has 0 bridgehead atoms. The summed E-state index contributed by atoms with van der Waals surface area (Å²) in [5.74, 6) is -1.43. The lowest BCUT2D eigenvalue weighted by Crippen LogP contribution is -2.41. The molecule has 7 rings (SSSR count). The maximum atomic E-state index is 13.7. The molecule has 0 saturated heterocycles. The first-order chi connectivity index (χ1) is 29.5. The van der Waals surface area contributed by atoms with Crippen LogP contribution in [0.2, 0.25) is 0 Å². The molecule has 17 heteroatoms. The minimum Gasteiger partial charge on any atom is -0.480 e. The Morgan fingerprint density at radius 2 is 1.39 bits per heavy atom. The number of fused-ring (bicyclic) bond motifs is 2. The summed E-state index contributed by atoms with van der Waals surface area (Å²) in [5, 5.41) is 11.8. The Hall–Kier alpha value is -5.95. The Labute approximate surface area is 369 Å². The van der Waals surface area contributed by atoms with Gasteiger partial charge in [-0.15, -0.1) is 25.3 Å². The maximum absolute atomic E-state index is 13.7. The fourth-order valence-electron chi connectivity index (χ4n) is 7.01. The van der Waals surface area contributed by atoms with E-state index >= 15 is 0 Å². The lowest BCUT2D eigenvalue weighted by molar-refractivity contribution is -0.155. The number of ketones is 1. The summed E-state index contributed by atoms with van der Waals surface area (Å²) in [6.07, 6.45) is 12.4. The van der Waals surface area contributed by atoms with Crippen LogP contribution in [0, 0.1) is 5.41 Å². The third kappa shape index (κ3) is 12.1. The average Bonchev–Trinajstić information content (AvgIpc) is 3.24. The Balaban J connectivity index is 0.000000836. The summed E-state index contributed by atoms with van der Waals surface area (Å²) in [5.41, 5.74) is 3.97. The number of benzene rings is 4. The van der Waals surface area contributed by atoms with Crippen molar-refractivity contribution in [3.63, 3.8) is 0 Å². The summed E-state index contributed by atoms with van der Waals surface area (Å²) in [7, 11) is -10.7. The zero-order valence-corrected chi connectivity index (χ0v) is 36.8. The van der Waals surface area contributed by atoms with Crippen molar-refractivity contribution in [2.75, 3.05) is 0 Å². The quantitative estimate of drug-likeness (QED) is 0.0760. The van der Waals surface area contributed by atoms with Crippen LogP contribution in [0.4, 0.5) is 0 Å². The monoisotopic (exact) mass is 929 g/mol. The summed E-state index contributed by atoms with van der Waals surface area (Å²) in [6, 6.07) is 34.6.